The number of piperidine rings is 1. The van der Waals surface area contributed by atoms with Crippen LogP contribution in [-0.2, 0) is 13.0 Å². The molecule has 1 fully saturated rings. The van der Waals surface area contributed by atoms with Gasteiger partial charge in [-0.1, -0.05) is 6.07 Å². The van der Waals surface area contributed by atoms with E-state index in [2.05, 4.69) is 46.3 Å². The Kier molecular flexibility index (Phi) is 4.27. The minimum atomic E-state index is 0.559. The molecular weight excluding hydrogens is 260 g/mol. The fourth-order valence-corrected chi connectivity index (χ4v) is 3.48. The van der Waals surface area contributed by atoms with Crippen molar-refractivity contribution < 1.29 is 0 Å². The number of rotatable bonds is 4. The quantitative estimate of drug-likeness (QED) is 0.939. The molecule has 0 radical (unpaired) electrons. The summed E-state index contributed by atoms with van der Waals surface area (Å²) in [6.07, 6.45) is 5.63. The summed E-state index contributed by atoms with van der Waals surface area (Å²) in [7, 11) is 0. The van der Waals surface area contributed by atoms with Crippen LogP contribution in [0.1, 0.15) is 38.2 Å². The second-order valence-electron chi connectivity index (χ2n) is 6.46. The monoisotopic (exact) mass is 286 g/mol. The van der Waals surface area contributed by atoms with Crippen molar-refractivity contribution in [2.45, 2.75) is 45.7 Å². The van der Waals surface area contributed by atoms with Crippen molar-refractivity contribution in [2.24, 2.45) is 11.7 Å². The normalized spacial score (nSPS) is 20.5. The zero-order valence-corrected chi connectivity index (χ0v) is 13.1. The molecule has 2 N–H and O–H groups in total. The minimum absolute atomic E-state index is 0.559. The van der Waals surface area contributed by atoms with Crippen molar-refractivity contribution in [1.29, 1.82) is 0 Å². The van der Waals surface area contributed by atoms with E-state index in [1.165, 1.54) is 31.8 Å². The molecule has 4 nitrogen and oxygen atoms in total. The molecular formula is C17H26N4. The zero-order chi connectivity index (χ0) is 14.8. The first-order valence-electron chi connectivity index (χ1n) is 8.07. The average molecular weight is 286 g/mol. The van der Waals surface area contributed by atoms with Crippen LogP contribution in [0.2, 0.25) is 0 Å². The summed E-state index contributed by atoms with van der Waals surface area (Å²) >= 11 is 0. The molecule has 0 bridgehead atoms. The first-order chi connectivity index (χ1) is 10.2. The van der Waals surface area contributed by atoms with E-state index in [1.54, 1.807) is 0 Å². The molecule has 1 aliphatic rings. The maximum atomic E-state index is 5.88. The molecule has 0 saturated carbocycles. The SMILES string of the molecule is CC(C)N1CCCC(Cc2ncc3cccc(CN)n23)C1. The van der Waals surface area contributed by atoms with Gasteiger partial charge in [-0.25, -0.2) is 4.98 Å². The lowest BCUT2D eigenvalue weighted by molar-refractivity contribution is 0.138. The summed E-state index contributed by atoms with van der Waals surface area (Å²) in [5.74, 6) is 1.87. The van der Waals surface area contributed by atoms with Crippen molar-refractivity contribution in [3.63, 3.8) is 0 Å². The smallest absolute Gasteiger partial charge is 0.113 e. The predicted molar refractivity (Wildman–Crippen MR) is 86.2 cm³/mol. The molecule has 1 atom stereocenters. The standard InChI is InChI=1S/C17H26N4/c1-13(2)20-8-4-5-14(12-20)9-17-19-11-16-7-3-6-15(10-18)21(16)17/h3,6-7,11,13-14H,4-5,8-10,12,18H2,1-2H3. The molecule has 1 saturated heterocycles. The highest BCUT2D eigenvalue weighted by molar-refractivity contribution is 5.47. The topological polar surface area (TPSA) is 46.6 Å². The number of likely N-dealkylation sites (tertiary alicyclic amines) is 1. The lowest BCUT2D eigenvalue weighted by Crippen LogP contribution is -2.40. The number of fused-ring (bicyclic) bond motifs is 1. The van der Waals surface area contributed by atoms with E-state index in [0.29, 0.717) is 18.5 Å². The van der Waals surface area contributed by atoms with Crippen LogP contribution in [0.25, 0.3) is 5.52 Å². The van der Waals surface area contributed by atoms with E-state index in [9.17, 15) is 0 Å². The number of hydrogen-bond acceptors (Lipinski definition) is 3. The van der Waals surface area contributed by atoms with Gasteiger partial charge in [0.25, 0.3) is 0 Å². The zero-order valence-electron chi connectivity index (χ0n) is 13.1. The summed E-state index contributed by atoms with van der Waals surface area (Å²) in [4.78, 5) is 7.25. The Morgan fingerprint density at radius 3 is 3.00 bits per heavy atom. The van der Waals surface area contributed by atoms with Crippen molar-refractivity contribution in [3.8, 4) is 0 Å². The molecule has 2 aromatic heterocycles. The number of nitrogens with two attached hydrogens (primary N) is 1. The summed E-state index contributed by atoms with van der Waals surface area (Å²) in [5, 5.41) is 0. The molecule has 0 aromatic carbocycles. The molecule has 21 heavy (non-hydrogen) atoms. The molecule has 0 spiro atoms. The Labute approximate surface area is 127 Å². The molecule has 114 valence electrons. The highest BCUT2D eigenvalue weighted by Crippen LogP contribution is 2.23. The van der Waals surface area contributed by atoms with E-state index in [-0.39, 0.29) is 0 Å². The Bertz CT molecular complexity index is 602. The number of nitrogens with zero attached hydrogens (tertiary/aromatic N) is 3. The second kappa shape index (κ2) is 6.16. The summed E-state index contributed by atoms with van der Waals surface area (Å²) in [6, 6.07) is 6.91. The number of aromatic nitrogens is 2. The molecule has 4 heteroatoms. The summed E-state index contributed by atoms with van der Waals surface area (Å²) in [6.45, 7) is 7.57. The van der Waals surface area contributed by atoms with Gasteiger partial charge in [0, 0.05) is 31.2 Å². The van der Waals surface area contributed by atoms with E-state index < -0.39 is 0 Å². The van der Waals surface area contributed by atoms with Crippen LogP contribution < -0.4 is 5.73 Å². The lowest BCUT2D eigenvalue weighted by atomic mass is 9.93. The third-order valence-electron chi connectivity index (χ3n) is 4.67. The minimum Gasteiger partial charge on any atom is -0.325 e. The van der Waals surface area contributed by atoms with Gasteiger partial charge in [-0.05, 0) is 51.3 Å². The van der Waals surface area contributed by atoms with Crippen molar-refractivity contribution in [2.75, 3.05) is 13.1 Å². The van der Waals surface area contributed by atoms with Gasteiger partial charge in [-0.2, -0.15) is 0 Å². The molecule has 3 rings (SSSR count). The van der Waals surface area contributed by atoms with Gasteiger partial charge in [0.1, 0.15) is 5.82 Å². The highest BCUT2D eigenvalue weighted by Gasteiger charge is 2.23. The second-order valence-corrected chi connectivity index (χ2v) is 6.46. The van der Waals surface area contributed by atoms with Crippen LogP contribution in [0, 0.1) is 5.92 Å². The first-order valence-corrected chi connectivity index (χ1v) is 8.07. The molecule has 1 aliphatic heterocycles. The van der Waals surface area contributed by atoms with Gasteiger partial charge in [0.2, 0.25) is 0 Å². The largest absolute Gasteiger partial charge is 0.325 e. The average Bonchev–Trinajstić information content (AvgIpc) is 2.91. The maximum absolute atomic E-state index is 5.88. The number of pyridine rings is 1. The lowest BCUT2D eigenvalue weighted by Gasteiger charge is -2.35. The summed E-state index contributed by atoms with van der Waals surface area (Å²) in [5.41, 5.74) is 8.19. The molecule has 3 heterocycles. The van der Waals surface area contributed by atoms with Gasteiger partial charge < -0.3 is 10.6 Å². The maximum Gasteiger partial charge on any atom is 0.113 e. The van der Waals surface area contributed by atoms with Crippen LogP contribution in [-0.4, -0.2) is 33.4 Å². The molecule has 2 aromatic rings. The fraction of sp³-hybridized carbons (Fsp3) is 0.588. The van der Waals surface area contributed by atoms with Crippen molar-refractivity contribution in [3.05, 3.63) is 35.9 Å². The van der Waals surface area contributed by atoms with Gasteiger partial charge in [0.15, 0.2) is 0 Å². The van der Waals surface area contributed by atoms with Crippen LogP contribution in [0.4, 0.5) is 0 Å². The van der Waals surface area contributed by atoms with Crippen LogP contribution in [0.5, 0.6) is 0 Å². The molecule has 0 amide bonds. The van der Waals surface area contributed by atoms with E-state index in [1.807, 2.05) is 6.20 Å². The summed E-state index contributed by atoms with van der Waals surface area (Å²) < 4.78 is 2.24. The Morgan fingerprint density at radius 2 is 2.24 bits per heavy atom. The van der Waals surface area contributed by atoms with E-state index in [4.69, 9.17) is 5.73 Å². The third-order valence-corrected chi connectivity index (χ3v) is 4.67. The number of imidazole rings is 1. The number of hydrogen-bond donors (Lipinski definition) is 1. The Balaban J connectivity index is 1.82. The Hall–Kier alpha value is -1.39. The fourth-order valence-electron chi connectivity index (χ4n) is 3.48. The van der Waals surface area contributed by atoms with Crippen molar-refractivity contribution >= 4 is 5.52 Å². The van der Waals surface area contributed by atoms with Crippen molar-refractivity contribution in [1.82, 2.24) is 14.3 Å². The van der Waals surface area contributed by atoms with Gasteiger partial charge in [-0.15, -0.1) is 0 Å². The van der Waals surface area contributed by atoms with Crippen LogP contribution in [0.3, 0.4) is 0 Å². The van der Waals surface area contributed by atoms with E-state index >= 15 is 0 Å². The molecule has 1 unspecified atom stereocenters. The highest BCUT2D eigenvalue weighted by atomic mass is 15.2. The first kappa shape index (κ1) is 14.5. The van der Waals surface area contributed by atoms with Crippen LogP contribution in [0.15, 0.2) is 24.4 Å². The Morgan fingerprint density at radius 1 is 1.38 bits per heavy atom. The van der Waals surface area contributed by atoms with Gasteiger partial charge in [-0.3, -0.25) is 4.40 Å². The van der Waals surface area contributed by atoms with E-state index in [0.717, 1.165) is 17.6 Å². The van der Waals surface area contributed by atoms with Crippen LogP contribution >= 0.6 is 0 Å². The third kappa shape index (κ3) is 2.97. The molecule has 0 aliphatic carbocycles. The van der Waals surface area contributed by atoms with Gasteiger partial charge >= 0.3 is 0 Å². The van der Waals surface area contributed by atoms with Gasteiger partial charge in [0.05, 0.1) is 11.7 Å². The predicted octanol–water partition coefficient (Wildman–Crippen LogP) is 2.46.